The topological polar surface area (TPSA) is 156 Å². The summed E-state index contributed by atoms with van der Waals surface area (Å²) in [6.07, 6.45) is 10.3. The third-order valence-electron chi connectivity index (χ3n) is 6.09. The molecule has 0 bridgehead atoms. The Hall–Kier alpha value is -1.06. The van der Waals surface area contributed by atoms with Crippen LogP contribution in [0.3, 0.4) is 0 Å². The van der Waals surface area contributed by atoms with Crippen molar-refractivity contribution in [1.82, 2.24) is 0 Å². The zero-order valence-corrected chi connectivity index (χ0v) is 19.8. The lowest BCUT2D eigenvalue weighted by atomic mass is 9.84. The van der Waals surface area contributed by atoms with Crippen LogP contribution in [0.4, 0.5) is 0 Å². The van der Waals surface area contributed by atoms with Crippen LogP contribution < -0.4 is 0 Å². The highest BCUT2D eigenvalue weighted by molar-refractivity contribution is 6.07. The normalized spacial score (nSPS) is 16.3. The molecule has 0 heterocycles. The van der Waals surface area contributed by atoms with E-state index in [0.717, 1.165) is 19.3 Å². The number of hydrogen-bond donors (Lipinski definition) is 6. The van der Waals surface area contributed by atoms with Crippen molar-refractivity contribution < 1.29 is 40.2 Å². The van der Waals surface area contributed by atoms with Crippen LogP contribution in [0.25, 0.3) is 0 Å². The summed E-state index contributed by atoms with van der Waals surface area (Å²) in [7, 11) is 0. The first-order chi connectivity index (χ1) is 15.2. The van der Waals surface area contributed by atoms with Crippen molar-refractivity contribution >= 4 is 11.8 Å². The first-order valence-corrected chi connectivity index (χ1v) is 12.4. The average Bonchev–Trinajstić information content (AvgIpc) is 2.78. The lowest BCUT2D eigenvalue weighted by Gasteiger charge is -2.32. The quantitative estimate of drug-likeness (QED) is 0.106. The predicted octanol–water partition coefficient (Wildman–Crippen LogP) is 2.71. The Morgan fingerprint density at radius 3 is 1.44 bits per heavy atom. The summed E-state index contributed by atoms with van der Waals surface area (Å²) in [6.45, 7) is 1.27. The number of carboxylic acids is 1. The van der Waals surface area contributed by atoms with Crippen LogP contribution in [-0.2, 0) is 9.59 Å². The molecule has 4 unspecified atom stereocenters. The van der Waals surface area contributed by atoms with Crippen LogP contribution in [0, 0.1) is 0 Å². The zero-order valence-electron chi connectivity index (χ0n) is 19.8. The van der Waals surface area contributed by atoms with Crippen LogP contribution in [0.15, 0.2) is 0 Å². The molecule has 0 amide bonds. The lowest BCUT2D eigenvalue weighted by molar-refractivity contribution is -0.193. The number of carbonyl (C=O) groups excluding carboxylic acids is 1. The van der Waals surface area contributed by atoms with E-state index in [1.807, 2.05) is 0 Å². The Labute approximate surface area is 192 Å². The summed E-state index contributed by atoms with van der Waals surface area (Å²) < 4.78 is 0. The molecule has 4 atom stereocenters. The molecule has 0 saturated carbocycles. The van der Waals surface area contributed by atoms with E-state index < -0.39 is 42.3 Å². The molecule has 190 valence electrons. The molecule has 0 rings (SSSR count). The minimum Gasteiger partial charge on any atom is -0.479 e. The number of aliphatic hydroxyl groups excluding tert-OH is 4. The molecule has 0 fully saturated rings. The number of aliphatic carboxylic acids is 1. The lowest BCUT2D eigenvalue weighted by Crippen LogP contribution is -2.62. The molecular formula is C24H46O8. The number of rotatable bonds is 22. The smallest absolute Gasteiger partial charge is 0.346 e. The van der Waals surface area contributed by atoms with Crippen molar-refractivity contribution in [3.8, 4) is 0 Å². The summed E-state index contributed by atoms with van der Waals surface area (Å²) >= 11 is 0. The fraction of sp³-hybridized carbons (Fsp3) is 0.917. The first-order valence-electron chi connectivity index (χ1n) is 12.4. The van der Waals surface area contributed by atoms with Crippen molar-refractivity contribution in [2.45, 2.75) is 134 Å². The van der Waals surface area contributed by atoms with Crippen LogP contribution in [0.2, 0.25) is 0 Å². The molecule has 0 aromatic heterocycles. The van der Waals surface area contributed by atoms with E-state index in [1.54, 1.807) is 0 Å². The Bertz CT molecular complexity index is 498. The fourth-order valence-electron chi connectivity index (χ4n) is 3.82. The molecule has 0 aliphatic carbocycles. The van der Waals surface area contributed by atoms with Gasteiger partial charge in [-0.05, 0) is 6.42 Å². The molecular weight excluding hydrogens is 416 g/mol. The third kappa shape index (κ3) is 11.7. The van der Waals surface area contributed by atoms with E-state index in [0.29, 0.717) is 12.8 Å². The molecule has 32 heavy (non-hydrogen) atoms. The van der Waals surface area contributed by atoms with Gasteiger partial charge in [0.15, 0.2) is 5.78 Å². The summed E-state index contributed by atoms with van der Waals surface area (Å²) in [6, 6.07) is 0. The predicted molar refractivity (Wildman–Crippen MR) is 122 cm³/mol. The maximum Gasteiger partial charge on any atom is 0.346 e. The van der Waals surface area contributed by atoms with Crippen LogP contribution in [0.1, 0.15) is 110 Å². The number of carbonyl (C=O) groups is 2. The van der Waals surface area contributed by atoms with Gasteiger partial charge in [0.2, 0.25) is 5.60 Å². The van der Waals surface area contributed by atoms with Gasteiger partial charge in [-0.15, -0.1) is 0 Å². The fourth-order valence-corrected chi connectivity index (χ4v) is 3.82. The Morgan fingerprint density at radius 1 is 0.719 bits per heavy atom. The third-order valence-corrected chi connectivity index (χ3v) is 6.09. The number of aliphatic hydroxyl groups is 5. The van der Waals surface area contributed by atoms with Gasteiger partial charge >= 0.3 is 5.97 Å². The molecule has 8 heteroatoms. The van der Waals surface area contributed by atoms with Crippen LogP contribution in [-0.4, -0.2) is 72.9 Å². The minimum atomic E-state index is -3.23. The van der Waals surface area contributed by atoms with E-state index in [1.165, 1.54) is 64.2 Å². The van der Waals surface area contributed by atoms with Gasteiger partial charge in [-0.2, -0.15) is 0 Å². The Balaban J connectivity index is 3.95. The Morgan fingerprint density at radius 2 is 1.09 bits per heavy atom. The van der Waals surface area contributed by atoms with Gasteiger partial charge in [-0.1, -0.05) is 96.8 Å². The second-order valence-corrected chi connectivity index (χ2v) is 8.88. The second kappa shape index (κ2) is 18.4. The van der Waals surface area contributed by atoms with E-state index in [4.69, 9.17) is 5.11 Å². The number of carboxylic acid groups (broad SMARTS) is 1. The standard InChI is InChI=1S/C24H46O8/c1-2-3-4-5-6-7-8-9-10-11-12-13-14-15-16-17-20(27)24(32,23(30)31)22(29)21(28)19(26)18-25/h19,21-22,25-26,28-29,32H,2-18H2,1H3,(H,30,31). The van der Waals surface area contributed by atoms with Gasteiger partial charge < -0.3 is 30.6 Å². The zero-order chi connectivity index (χ0) is 24.4. The van der Waals surface area contributed by atoms with Gasteiger partial charge in [-0.3, -0.25) is 4.79 Å². The first kappa shape index (κ1) is 30.9. The molecule has 0 aromatic rings. The molecule has 0 aliphatic rings. The highest BCUT2D eigenvalue weighted by atomic mass is 16.4. The van der Waals surface area contributed by atoms with Gasteiger partial charge in [-0.25, -0.2) is 4.79 Å². The van der Waals surface area contributed by atoms with E-state index in [2.05, 4.69) is 6.92 Å². The molecule has 0 saturated heterocycles. The second-order valence-electron chi connectivity index (χ2n) is 8.88. The van der Waals surface area contributed by atoms with Gasteiger partial charge in [0.1, 0.15) is 18.3 Å². The summed E-state index contributed by atoms with van der Waals surface area (Å²) in [5, 5.41) is 57.2. The maximum absolute atomic E-state index is 12.3. The summed E-state index contributed by atoms with van der Waals surface area (Å²) in [5.41, 5.74) is -3.23. The molecule has 0 aliphatic heterocycles. The van der Waals surface area contributed by atoms with Gasteiger partial charge in [0.25, 0.3) is 0 Å². The maximum atomic E-state index is 12.3. The summed E-state index contributed by atoms with van der Waals surface area (Å²) in [5.74, 6) is -3.13. The monoisotopic (exact) mass is 462 g/mol. The number of hydrogen-bond acceptors (Lipinski definition) is 7. The van der Waals surface area contributed by atoms with Crippen LogP contribution in [0.5, 0.6) is 0 Å². The highest BCUT2D eigenvalue weighted by Gasteiger charge is 2.53. The van der Waals surface area contributed by atoms with Crippen molar-refractivity contribution in [3.05, 3.63) is 0 Å². The molecule has 0 aromatic carbocycles. The largest absolute Gasteiger partial charge is 0.479 e. The van der Waals surface area contributed by atoms with Crippen molar-refractivity contribution in [3.63, 3.8) is 0 Å². The number of unbranched alkanes of at least 4 members (excludes halogenated alkanes) is 14. The SMILES string of the molecule is CCCCCCCCCCCCCCCCCC(=O)C(O)(C(=O)O)C(O)C(O)C(O)CO. The number of ketones is 1. The van der Waals surface area contributed by atoms with Gasteiger partial charge in [0, 0.05) is 6.42 Å². The highest BCUT2D eigenvalue weighted by Crippen LogP contribution is 2.22. The number of Topliss-reactive ketones (excluding diaryl/α,β-unsaturated/α-hetero) is 1. The molecule has 0 radical (unpaired) electrons. The van der Waals surface area contributed by atoms with E-state index in [9.17, 15) is 35.1 Å². The van der Waals surface area contributed by atoms with Gasteiger partial charge in [0.05, 0.1) is 6.61 Å². The average molecular weight is 463 g/mol. The Kier molecular flexibility index (Phi) is 17.8. The van der Waals surface area contributed by atoms with Crippen molar-refractivity contribution in [2.24, 2.45) is 0 Å². The minimum absolute atomic E-state index is 0.264. The van der Waals surface area contributed by atoms with E-state index in [-0.39, 0.29) is 6.42 Å². The molecule has 0 spiro atoms. The van der Waals surface area contributed by atoms with Crippen molar-refractivity contribution in [1.29, 1.82) is 0 Å². The molecule has 8 nitrogen and oxygen atoms in total. The van der Waals surface area contributed by atoms with Crippen molar-refractivity contribution in [2.75, 3.05) is 6.61 Å². The van der Waals surface area contributed by atoms with Crippen LogP contribution >= 0.6 is 0 Å². The van der Waals surface area contributed by atoms with E-state index >= 15 is 0 Å². The summed E-state index contributed by atoms with van der Waals surface area (Å²) in [4.78, 5) is 23.6. The molecule has 6 N–H and O–H groups in total.